The lowest BCUT2D eigenvalue weighted by Gasteiger charge is -2.10. The third-order valence-corrected chi connectivity index (χ3v) is 1.79. The second-order valence-corrected chi connectivity index (χ2v) is 3.18. The number of rotatable bonds is 7. The van der Waals surface area contributed by atoms with Crippen molar-refractivity contribution in [3.63, 3.8) is 0 Å². The maximum Gasteiger partial charge on any atom is 0.0443 e. The zero-order valence-electron chi connectivity index (χ0n) is 7.77. The Hall–Kier alpha value is -0.0800. The van der Waals surface area contributed by atoms with Gasteiger partial charge in [-0.05, 0) is 31.8 Å². The van der Waals surface area contributed by atoms with E-state index in [4.69, 9.17) is 5.11 Å². The summed E-state index contributed by atoms with van der Waals surface area (Å²) in [5.41, 5.74) is 0. The summed E-state index contributed by atoms with van der Waals surface area (Å²) < 4.78 is 0. The Morgan fingerprint density at radius 1 is 1.45 bits per heavy atom. The molecular weight excluding hydrogens is 138 g/mol. The van der Waals surface area contributed by atoms with Gasteiger partial charge in [0.2, 0.25) is 0 Å². The first-order valence-corrected chi connectivity index (χ1v) is 4.62. The second-order valence-electron chi connectivity index (χ2n) is 3.18. The molecule has 0 aliphatic carbocycles. The summed E-state index contributed by atoms with van der Waals surface area (Å²) >= 11 is 0. The van der Waals surface area contributed by atoms with Gasteiger partial charge in [-0.3, -0.25) is 0 Å². The van der Waals surface area contributed by atoms with Crippen LogP contribution in [0.15, 0.2) is 0 Å². The van der Waals surface area contributed by atoms with E-state index in [9.17, 15) is 0 Å². The van der Waals surface area contributed by atoms with Crippen LogP contribution >= 0.6 is 0 Å². The molecule has 2 N–H and O–H groups in total. The van der Waals surface area contributed by atoms with Crippen LogP contribution in [0.1, 0.15) is 33.1 Å². The first-order chi connectivity index (χ1) is 5.31. The molecule has 2 nitrogen and oxygen atoms in total. The van der Waals surface area contributed by atoms with Crippen LogP contribution in [0.4, 0.5) is 0 Å². The molecule has 0 aliphatic rings. The molecular formula is C9H21NO. The average Bonchev–Trinajstić information content (AvgIpc) is 1.99. The Kier molecular flexibility index (Phi) is 7.96. The van der Waals surface area contributed by atoms with Gasteiger partial charge >= 0.3 is 0 Å². The van der Waals surface area contributed by atoms with Gasteiger partial charge in [0.25, 0.3) is 0 Å². The zero-order valence-corrected chi connectivity index (χ0v) is 7.77. The van der Waals surface area contributed by atoms with Gasteiger partial charge in [-0.25, -0.2) is 0 Å². The number of aliphatic hydroxyl groups excluding tert-OH is 1. The lowest BCUT2D eigenvalue weighted by molar-refractivity contribution is 0.284. The fraction of sp³-hybridized carbons (Fsp3) is 1.00. The molecule has 0 fully saturated rings. The van der Waals surface area contributed by atoms with E-state index >= 15 is 0 Å². The smallest absolute Gasteiger partial charge is 0.0443 e. The summed E-state index contributed by atoms with van der Waals surface area (Å²) in [7, 11) is 0. The van der Waals surface area contributed by atoms with Crippen molar-refractivity contribution in [2.45, 2.75) is 33.1 Å². The highest BCUT2D eigenvalue weighted by atomic mass is 16.3. The third-order valence-electron chi connectivity index (χ3n) is 1.79. The molecule has 0 saturated heterocycles. The lowest BCUT2D eigenvalue weighted by Crippen LogP contribution is -2.22. The van der Waals surface area contributed by atoms with Crippen LogP contribution in [0.3, 0.4) is 0 Å². The van der Waals surface area contributed by atoms with Gasteiger partial charge in [0, 0.05) is 6.61 Å². The van der Waals surface area contributed by atoms with E-state index in [0.29, 0.717) is 6.61 Å². The van der Waals surface area contributed by atoms with E-state index in [1.54, 1.807) is 0 Å². The fourth-order valence-electron chi connectivity index (χ4n) is 1.15. The predicted octanol–water partition coefficient (Wildman–Crippen LogP) is 1.39. The van der Waals surface area contributed by atoms with Crippen molar-refractivity contribution >= 4 is 0 Å². The lowest BCUT2D eigenvalue weighted by atomic mass is 10.1. The largest absolute Gasteiger partial charge is 0.396 e. The number of nitrogens with one attached hydrogen (secondary N) is 1. The highest BCUT2D eigenvalue weighted by Crippen LogP contribution is 2.02. The number of aliphatic hydroxyl groups is 1. The minimum absolute atomic E-state index is 0.301. The van der Waals surface area contributed by atoms with Crippen LogP contribution in [-0.2, 0) is 0 Å². The molecule has 0 bridgehead atoms. The molecule has 1 unspecified atom stereocenters. The van der Waals surface area contributed by atoms with Gasteiger partial charge in [0.05, 0.1) is 0 Å². The van der Waals surface area contributed by atoms with E-state index < -0.39 is 0 Å². The van der Waals surface area contributed by atoms with Crippen molar-refractivity contribution in [1.82, 2.24) is 5.32 Å². The number of hydrogen-bond donors (Lipinski definition) is 2. The van der Waals surface area contributed by atoms with E-state index in [1.165, 1.54) is 12.8 Å². The minimum Gasteiger partial charge on any atom is -0.396 e. The zero-order chi connectivity index (χ0) is 8.53. The molecule has 2 heteroatoms. The van der Waals surface area contributed by atoms with Crippen LogP contribution in [0, 0.1) is 5.92 Å². The van der Waals surface area contributed by atoms with Crippen molar-refractivity contribution in [3.05, 3.63) is 0 Å². The van der Waals surface area contributed by atoms with Crippen LogP contribution in [0.25, 0.3) is 0 Å². The maximum atomic E-state index is 8.49. The molecule has 0 spiro atoms. The molecule has 0 amide bonds. The quantitative estimate of drug-likeness (QED) is 0.550. The van der Waals surface area contributed by atoms with E-state index in [2.05, 4.69) is 19.2 Å². The molecule has 0 radical (unpaired) electrons. The Bertz CT molecular complexity index is 76.0. The Morgan fingerprint density at radius 3 is 2.73 bits per heavy atom. The van der Waals surface area contributed by atoms with Gasteiger partial charge in [0.1, 0.15) is 0 Å². The Balaban J connectivity index is 2.97. The van der Waals surface area contributed by atoms with Gasteiger partial charge in [0.15, 0.2) is 0 Å². The second kappa shape index (κ2) is 8.02. The minimum atomic E-state index is 0.301. The first-order valence-electron chi connectivity index (χ1n) is 4.62. The Morgan fingerprint density at radius 2 is 2.18 bits per heavy atom. The molecule has 68 valence electrons. The summed E-state index contributed by atoms with van der Waals surface area (Å²) in [6.07, 6.45) is 3.44. The standard InChI is InChI=1S/C9H21NO/c1-3-5-9(2)8-10-6-4-7-11/h9-11H,3-8H2,1-2H3. The molecule has 0 rings (SSSR count). The highest BCUT2D eigenvalue weighted by molar-refractivity contribution is 4.55. The molecule has 0 aromatic carbocycles. The van der Waals surface area contributed by atoms with Crippen molar-refractivity contribution in [3.8, 4) is 0 Å². The summed E-state index contributed by atoms with van der Waals surface area (Å²) in [5, 5.41) is 11.8. The summed E-state index contributed by atoms with van der Waals surface area (Å²) in [6.45, 7) is 6.81. The van der Waals surface area contributed by atoms with E-state index in [-0.39, 0.29) is 0 Å². The van der Waals surface area contributed by atoms with Crippen LogP contribution in [0.5, 0.6) is 0 Å². The van der Waals surface area contributed by atoms with Crippen LogP contribution < -0.4 is 5.32 Å². The molecule has 0 aliphatic heterocycles. The number of hydrogen-bond acceptors (Lipinski definition) is 2. The van der Waals surface area contributed by atoms with E-state index in [1.807, 2.05) is 0 Å². The van der Waals surface area contributed by atoms with Crippen molar-refractivity contribution in [2.75, 3.05) is 19.7 Å². The van der Waals surface area contributed by atoms with Gasteiger partial charge in [-0.2, -0.15) is 0 Å². The SMILES string of the molecule is CCCC(C)CNCCCO. The molecule has 11 heavy (non-hydrogen) atoms. The average molecular weight is 159 g/mol. The first kappa shape index (κ1) is 10.9. The van der Waals surface area contributed by atoms with E-state index in [0.717, 1.165) is 25.4 Å². The molecule has 0 aromatic heterocycles. The molecule has 0 heterocycles. The van der Waals surface area contributed by atoms with Gasteiger partial charge in [-0.1, -0.05) is 20.3 Å². The predicted molar refractivity (Wildman–Crippen MR) is 48.6 cm³/mol. The normalized spacial score (nSPS) is 13.4. The highest BCUT2D eigenvalue weighted by Gasteiger charge is 1.97. The summed E-state index contributed by atoms with van der Waals surface area (Å²) in [5.74, 6) is 0.777. The molecule has 0 aromatic rings. The molecule has 0 saturated carbocycles. The Labute approximate surface area is 70.0 Å². The summed E-state index contributed by atoms with van der Waals surface area (Å²) in [4.78, 5) is 0. The molecule has 1 atom stereocenters. The third kappa shape index (κ3) is 7.82. The summed E-state index contributed by atoms with van der Waals surface area (Å²) in [6, 6.07) is 0. The van der Waals surface area contributed by atoms with Gasteiger partial charge < -0.3 is 10.4 Å². The van der Waals surface area contributed by atoms with Crippen molar-refractivity contribution < 1.29 is 5.11 Å². The topological polar surface area (TPSA) is 32.3 Å². The maximum absolute atomic E-state index is 8.49. The van der Waals surface area contributed by atoms with Crippen molar-refractivity contribution in [2.24, 2.45) is 5.92 Å². The van der Waals surface area contributed by atoms with Crippen LogP contribution in [0.2, 0.25) is 0 Å². The fourth-order valence-corrected chi connectivity index (χ4v) is 1.15. The monoisotopic (exact) mass is 159 g/mol. The van der Waals surface area contributed by atoms with Crippen molar-refractivity contribution in [1.29, 1.82) is 0 Å². The van der Waals surface area contributed by atoms with Crippen LogP contribution in [-0.4, -0.2) is 24.8 Å². The van der Waals surface area contributed by atoms with Gasteiger partial charge in [-0.15, -0.1) is 0 Å².